The first-order chi connectivity index (χ1) is 7.83. The van der Waals surface area contributed by atoms with Gasteiger partial charge in [0, 0.05) is 24.7 Å². The topological polar surface area (TPSA) is 50.1 Å². The third-order valence-electron chi connectivity index (χ3n) is 2.80. The third-order valence-corrected chi connectivity index (χ3v) is 2.80. The van der Waals surface area contributed by atoms with Crippen molar-refractivity contribution in [1.29, 1.82) is 0 Å². The van der Waals surface area contributed by atoms with E-state index >= 15 is 0 Å². The maximum Gasteiger partial charge on any atom is 0.124 e. The summed E-state index contributed by atoms with van der Waals surface area (Å²) in [5.41, 5.74) is 1.98. The van der Waals surface area contributed by atoms with Crippen LogP contribution in [0.25, 0.3) is 11.3 Å². The SMILES string of the molecule is Oc1ccc(-c2cc3n(n2)CCCN3)cc1. The standard InChI is InChI=1S/C12H13N3O/c16-10-4-2-9(3-5-10)11-8-12-13-6-1-7-15(12)14-11/h2-5,8,13,16H,1,6-7H2. The molecular weight excluding hydrogens is 202 g/mol. The monoisotopic (exact) mass is 215 g/mol. The van der Waals surface area contributed by atoms with Crippen LogP contribution < -0.4 is 5.32 Å². The summed E-state index contributed by atoms with van der Waals surface area (Å²) < 4.78 is 1.99. The van der Waals surface area contributed by atoms with Crippen LogP contribution in [0.15, 0.2) is 30.3 Å². The molecule has 0 bridgehead atoms. The molecule has 16 heavy (non-hydrogen) atoms. The summed E-state index contributed by atoms with van der Waals surface area (Å²) in [5, 5.41) is 17.1. The Morgan fingerprint density at radius 2 is 2.06 bits per heavy atom. The number of benzene rings is 1. The van der Waals surface area contributed by atoms with Crippen LogP contribution in [0.5, 0.6) is 5.75 Å². The Morgan fingerprint density at radius 3 is 2.81 bits per heavy atom. The van der Waals surface area contributed by atoms with Crippen LogP contribution in [0.4, 0.5) is 5.82 Å². The van der Waals surface area contributed by atoms with Crippen LogP contribution in [0.1, 0.15) is 6.42 Å². The predicted octanol–water partition coefficient (Wildman–Crippen LogP) is 2.07. The van der Waals surface area contributed by atoms with Gasteiger partial charge < -0.3 is 10.4 Å². The Bertz CT molecular complexity index is 478. The van der Waals surface area contributed by atoms with Crippen LogP contribution in [0.3, 0.4) is 0 Å². The fraction of sp³-hybridized carbons (Fsp3) is 0.250. The van der Waals surface area contributed by atoms with Crippen molar-refractivity contribution < 1.29 is 5.11 Å². The van der Waals surface area contributed by atoms with Crippen LogP contribution >= 0.6 is 0 Å². The first kappa shape index (κ1) is 9.27. The number of aryl methyl sites for hydroxylation is 1. The number of phenols is 1. The number of nitrogens with one attached hydrogen (secondary N) is 1. The summed E-state index contributed by atoms with van der Waals surface area (Å²) in [6.45, 7) is 1.99. The minimum atomic E-state index is 0.283. The van der Waals surface area contributed by atoms with E-state index in [4.69, 9.17) is 0 Å². The van der Waals surface area contributed by atoms with Gasteiger partial charge in [0.2, 0.25) is 0 Å². The number of hydrogen-bond donors (Lipinski definition) is 2. The molecule has 2 N–H and O–H groups in total. The first-order valence-electron chi connectivity index (χ1n) is 5.44. The van der Waals surface area contributed by atoms with Gasteiger partial charge in [-0.05, 0) is 30.7 Å². The van der Waals surface area contributed by atoms with Crippen molar-refractivity contribution >= 4 is 5.82 Å². The molecule has 82 valence electrons. The lowest BCUT2D eigenvalue weighted by Crippen LogP contribution is -2.17. The molecule has 4 nitrogen and oxygen atoms in total. The maximum atomic E-state index is 9.23. The number of rotatable bonds is 1. The van der Waals surface area contributed by atoms with Crippen molar-refractivity contribution in [2.75, 3.05) is 11.9 Å². The number of nitrogens with zero attached hydrogens (tertiary/aromatic N) is 2. The number of hydrogen-bond acceptors (Lipinski definition) is 3. The molecule has 1 aromatic heterocycles. The molecule has 1 aliphatic heterocycles. The van der Waals surface area contributed by atoms with Crippen molar-refractivity contribution in [3.05, 3.63) is 30.3 Å². The molecule has 0 unspecified atom stereocenters. The van der Waals surface area contributed by atoms with Gasteiger partial charge in [-0.15, -0.1) is 0 Å². The zero-order valence-corrected chi connectivity index (χ0v) is 8.85. The molecule has 2 aromatic rings. The van der Waals surface area contributed by atoms with Gasteiger partial charge in [0.1, 0.15) is 11.6 Å². The van der Waals surface area contributed by atoms with E-state index in [0.29, 0.717) is 0 Å². The number of anilines is 1. The summed E-state index contributed by atoms with van der Waals surface area (Å²) in [6, 6.07) is 9.17. The molecule has 0 radical (unpaired) electrons. The lowest BCUT2D eigenvalue weighted by atomic mass is 10.1. The molecule has 1 aromatic carbocycles. The molecule has 0 saturated carbocycles. The third kappa shape index (κ3) is 1.52. The second-order valence-electron chi connectivity index (χ2n) is 3.97. The van der Waals surface area contributed by atoms with E-state index < -0.39 is 0 Å². The second-order valence-corrected chi connectivity index (χ2v) is 3.97. The highest BCUT2D eigenvalue weighted by Gasteiger charge is 2.12. The Balaban J connectivity index is 2.00. The smallest absolute Gasteiger partial charge is 0.124 e. The number of fused-ring (bicyclic) bond motifs is 1. The highest BCUT2D eigenvalue weighted by molar-refractivity contribution is 5.64. The largest absolute Gasteiger partial charge is 0.508 e. The van der Waals surface area contributed by atoms with Gasteiger partial charge in [0.05, 0.1) is 5.69 Å². The van der Waals surface area contributed by atoms with Gasteiger partial charge in [-0.1, -0.05) is 0 Å². The zero-order chi connectivity index (χ0) is 11.0. The van der Waals surface area contributed by atoms with Gasteiger partial charge in [-0.25, -0.2) is 4.68 Å². The summed E-state index contributed by atoms with van der Waals surface area (Å²) in [5.74, 6) is 1.36. The molecule has 0 atom stereocenters. The van der Waals surface area contributed by atoms with Crippen LogP contribution in [-0.4, -0.2) is 21.4 Å². The summed E-state index contributed by atoms with van der Waals surface area (Å²) in [4.78, 5) is 0. The molecule has 0 aliphatic carbocycles. The Morgan fingerprint density at radius 1 is 1.25 bits per heavy atom. The number of aromatic nitrogens is 2. The number of aromatic hydroxyl groups is 1. The van der Waals surface area contributed by atoms with Crippen LogP contribution in [-0.2, 0) is 6.54 Å². The minimum Gasteiger partial charge on any atom is -0.508 e. The average Bonchev–Trinajstić information content (AvgIpc) is 2.73. The van der Waals surface area contributed by atoms with Crippen LogP contribution in [0, 0.1) is 0 Å². The van der Waals surface area contributed by atoms with Crippen LogP contribution in [0.2, 0.25) is 0 Å². The molecule has 0 amide bonds. The molecule has 3 rings (SSSR count). The molecule has 0 fully saturated rings. The van der Waals surface area contributed by atoms with Crippen molar-refractivity contribution in [2.24, 2.45) is 0 Å². The van der Waals surface area contributed by atoms with E-state index in [0.717, 1.165) is 36.6 Å². The fourth-order valence-corrected chi connectivity index (χ4v) is 1.95. The fourth-order valence-electron chi connectivity index (χ4n) is 1.95. The van der Waals surface area contributed by atoms with Crippen molar-refractivity contribution in [3.8, 4) is 17.0 Å². The van der Waals surface area contributed by atoms with Gasteiger partial charge in [0.25, 0.3) is 0 Å². The van der Waals surface area contributed by atoms with E-state index in [2.05, 4.69) is 10.4 Å². The van der Waals surface area contributed by atoms with Gasteiger partial charge in [0.15, 0.2) is 0 Å². The minimum absolute atomic E-state index is 0.283. The average molecular weight is 215 g/mol. The van der Waals surface area contributed by atoms with Crippen molar-refractivity contribution in [2.45, 2.75) is 13.0 Å². The van der Waals surface area contributed by atoms with Crippen molar-refractivity contribution in [1.82, 2.24) is 9.78 Å². The molecular formula is C12H13N3O. The van der Waals surface area contributed by atoms with Gasteiger partial charge in [-0.3, -0.25) is 0 Å². The van der Waals surface area contributed by atoms with Gasteiger partial charge >= 0.3 is 0 Å². The van der Waals surface area contributed by atoms with E-state index in [1.54, 1.807) is 12.1 Å². The van der Waals surface area contributed by atoms with E-state index in [9.17, 15) is 5.11 Å². The zero-order valence-electron chi connectivity index (χ0n) is 8.85. The summed E-state index contributed by atoms with van der Waals surface area (Å²) in [6.07, 6.45) is 1.11. The van der Waals surface area contributed by atoms with E-state index in [-0.39, 0.29) is 5.75 Å². The normalized spacial score (nSPS) is 14.2. The van der Waals surface area contributed by atoms with E-state index in [1.165, 1.54) is 0 Å². The summed E-state index contributed by atoms with van der Waals surface area (Å²) in [7, 11) is 0. The molecule has 0 saturated heterocycles. The maximum absolute atomic E-state index is 9.23. The molecule has 4 heteroatoms. The Hall–Kier alpha value is -1.97. The Kier molecular flexibility index (Phi) is 2.06. The highest BCUT2D eigenvalue weighted by atomic mass is 16.3. The number of phenolic OH excluding ortho intramolecular Hbond substituents is 1. The molecule has 1 aliphatic rings. The lowest BCUT2D eigenvalue weighted by molar-refractivity contribution is 0.475. The summed E-state index contributed by atoms with van der Waals surface area (Å²) >= 11 is 0. The predicted molar refractivity (Wildman–Crippen MR) is 62.4 cm³/mol. The second kappa shape index (κ2) is 3.56. The van der Waals surface area contributed by atoms with E-state index in [1.807, 2.05) is 22.9 Å². The van der Waals surface area contributed by atoms with Crippen molar-refractivity contribution in [3.63, 3.8) is 0 Å². The molecule has 0 spiro atoms. The lowest BCUT2D eigenvalue weighted by Gasteiger charge is -2.14. The van der Waals surface area contributed by atoms with Gasteiger partial charge in [-0.2, -0.15) is 5.10 Å². The first-order valence-corrected chi connectivity index (χ1v) is 5.44. The Labute approximate surface area is 93.5 Å². The molecule has 2 heterocycles. The highest BCUT2D eigenvalue weighted by Crippen LogP contribution is 2.25. The quantitative estimate of drug-likeness (QED) is 0.765.